The van der Waals surface area contributed by atoms with Crippen molar-refractivity contribution in [2.24, 2.45) is 0 Å². The smallest absolute Gasteiger partial charge is 0.238 e. The Balaban J connectivity index is 1.92. The third-order valence-electron chi connectivity index (χ3n) is 3.17. The van der Waals surface area contributed by atoms with Crippen molar-refractivity contribution >= 4 is 33.6 Å². The first-order valence-corrected chi connectivity index (χ1v) is 7.44. The number of aromatic nitrogens is 2. The van der Waals surface area contributed by atoms with Crippen LogP contribution in [0.4, 0.5) is 5.69 Å². The summed E-state index contributed by atoms with van der Waals surface area (Å²) in [6.07, 6.45) is 1.99. The Labute approximate surface area is 126 Å². The van der Waals surface area contributed by atoms with Crippen LogP contribution in [0.3, 0.4) is 0 Å². The van der Waals surface area contributed by atoms with Crippen LogP contribution in [0.2, 0.25) is 5.02 Å². The molecule has 0 aliphatic rings. The van der Waals surface area contributed by atoms with E-state index in [2.05, 4.69) is 10.3 Å². The molecule has 0 spiro atoms. The van der Waals surface area contributed by atoms with Gasteiger partial charge >= 0.3 is 0 Å². The normalized spacial score (nSPS) is 10.9. The number of nitrogens with one attached hydrogen (secondary N) is 1. The number of imidazole rings is 1. The molecule has 0 radical (unpaired) electrons. The van der Waals surface area contributed by atoms with Gasteiger partial charge < -0.3 is 10.1 Å². The molecule has 3 rings (SSSR count). The number of aryl methyl sites for hydroxylation is 1. The number of fused-ring (bicyclic) bond motifs is 1. The van der Waals surface area contributed by atoms with Crippen LogP contribution in [-0.2, 0) is 6.54 Å². The number of methoxy groups -OCH3 is 1. The first kappa shape index (κ1) is 13.3. The van der Waals surface area contributed by atoms with Gasteiger partial charge in [-0.3, -0.25) is 4.40 Å². The van der Waals surface area contributed by atoms with Crippen LogP contribution < -0.4 is 10.1 Å². The highest BCUT2D eigenvalue weighted by Gasteiger charge is 2.14. The van der Waals surface area contributed by atoms with Gasteiger partial charge in [0.25, 0.3) is 0 Å². The van der Waals surface area contributed by atoms with Gasteiger partial charge in [-0.1, -0.05) is 23.7 Å². The Hall–Kier alpha value is -1.72. The summed E-state index contributed by atoms with van der Waals surface area (Å²) < 4.78 is 7.37. The summed E-state index contributed by atoms with van der Waals surface area (Å²) >= 11 is 7.81. The molecule has 104 valence electrons. The van der Waals surface area contributed by atoms with Gasteiger partial charge in [0.1, 0.15) is 5.69 Å². The predicted octanol–water partition coefficient (Wildman–Crippen LogP) is 3.98. The molecule has 0 aliphatic heterocycles. The molecule has 0 saturated heterocycles. The second-order valence-electron chi connectivity index (χ2n) is 4.41. The van der Waals surface area contributed by atoms with Crippen molar-refractivity contribution in [3.63, 3.8) is 0 Å². The minimum absolute atomic E-state index is 0.603. The molecule has 2 heterocycles. The lowest BCUT2D eigenvalue weighted by Crippen LogP contribution is -2.05. The van der Waals surface area contributed by atoms with Gasteiger partial charge in [-0.15, -0.1) is 11.3 Å². The quantitative estimate of drug-likeness (QED) is 0.792. The average molecular weight is 308 g/mol. The molecular formula is C14H14ClN3OS. The van der Waals surface area contributed by atoms with E-state index in [0.29, 0.717) is 12.4 Å². The number of benzene rings is 1. The minimum Gasteiger partial charge on any atom is -0.480 e. The molecule has 0 aliphatic carbocycles. The Morgan fingerprint density at radius 3 is 3.05 bits per heavy atom. The summed E-state index contributed by atoms with van der Waals surface area (Å²) in [7, 11) is 1.64. The predicted molar refractivity (Wildman–Crippen MR) is 83.1 cm³/mol. The van der Waals surface area contributed by atoms with Gasteiger partial charge in [0.15, 0.2) is 4.96 Å². The van der Waals surface area contributed by atoms with Crippen LogP contribution >= 0.6 is 22.9 Å². The highest BCUT2D eigenvalue weighted by Crippen LogP contribution is 2.28. The maximum absolute atomic E-state index is 6.23. The molecule has 0 amide bonds. The second kappa shape index (κ2) is 5.34. The fourth-order valence-corrected chi connectivity index (χ4v) is 3.18. The van der Waals surface area contributed by atoms with Crippen molar-refractivity contribution in [3.8, 4) is 5.88 Å². The molecule has 20 heavy (non-hydrogen) atoms. The molecule has 0 saturated carbocycles. The fraction of sp³-hybridized carbons (Fsp3) is 0.214. The van der Waals surface area contributed by atoms with E-state index < -0.39 is 0 Å². The Morgan fingerprint density at radius 1 is 1.45 bits per heavy atom. The number of hydrogen-bond donors (Lipinski definition) is 1. The standard InChI is InChI=1S/C14H14ClN3OS/c1-9-4-3-5-10(15)12(9)16-8-11-13(19-2)17-14-18(11)6-7-20-14/h3-7,16H,8H2,1-2H3. The summed E-state index contributed by atoms with van der Waals surface area (Å²) in [5, 5.41) is 6.10. The summed E-state index contributed by atoms with van der Waals surface area (Å²) in [5.41, 5.74) is 3.05. The zero-order chi connectivity index (χ0) is 14.1. The second-order valence-corrected chi connectivity index (χ2v) is 5.69. The molecule has 4 nitrogen and oxygen atoms in total. The molecule has 2 aromatic heterocycles. The molecule has 0 atom stereocenters. The monoisotopic (exact) mass is 307 g/mol. The van der Waals surface area contributed by atoms with E-state index in [9.17, 15) is 0 Å². The number of anilines is 1. The molecule has 0 fully saturated rings. The maximum atomic E-state index is 6.23. The van der Waals surface area contributed by atoms with Gasteiger partial charge in [0, 0.05) is 11.6 Å². The molecule has 1 aromatic carbocycles. The van der Waals surface area contributed by atoms with Crippen molar-refractivity contribution in [1.82, 2.24) is 9.38 Å². The van der Waals surface area contributed by atoms with Gasteiger partial charge in [0.2, 0.25) is 5.88 Å². The number of thiazole rings is 1. The molecule has 3 aromatic rings. The van der Waals surface area contributed by atoms with E-state index in [1.165, 1.54) is 0 Å². The molecule has 1 N–H and O–H groups in total. The van der Waals surface area contributed by atoms with Gasteiger partial charge in [-0.2, -0.15) is 4.98 Å². The van der Waals surface area contributed by atoms with Crippen LogP contribution in [0.1, 0.15) is 11.3 Å². The van der Waals surface area contributed by atoms with Crippen molar-refractivity contribution in [2.45, 2.75) is 13.5 Å². The lowest BCUT2D eigenvalue weighted by atomic mass is 10.2. The number of ether oxygens (including phenoxy) is 1. The largest absolute Gasteiger partial charge is 0.480 e. The van der Waals surface area contributed by atoms with Gasteiger partial charge in [-0.05, 0) is 18.6 Å². The summed E-state index contributed by atoms with van der Waals surface area (Å²) in [5.74, 6) is 0.647. The molecular weight excluding hydrogens is 294 g/mol. The van der Waals surface area contributed by atoms with Crippen LogP contribution in [-0.4, -0.2) is 16.5 Å². The third-order valence-corrected chi connectivity index (χ3v) is 4.24. The lowest BCUT2D eigenvalue weighted by molar-refractivity contribution is 0.395. The van der Waals surface area contributed by atoms with Crippen LogP contribution in [0.25, 0.3) is 4.96 Å². The van der Waals surface area contributed by atoms with E-state index in [4.69, 9.17) is 16.3 Å². The highest BCUT2D eigenvalue weighted by molar-refractivity contribution is 7.15. The Bertz CT molecular complexity index is 730. The van der Waals surface area contributed by atoms with Crippen molar-refractivity contribution < 1.29 is 4.74 Å². The maximum Gasteiger partial charge on any atom is 0.238 e. The zero-order valence-corrected chi connectivity index (χ0v) is 12.8. The first-order valence-electron chi connectivity index (χ1n) is 6.18. The van der Waals surface area contributed by atoms with Crippen LogP contribution in [0, 0.1) is 6.92 Å². The number of nitrogens with zero attached hydrogens (tertiary/aromatic N) is 2. The van der Waals surface area contributed by atoms with E-state index in [-0.39, 0.29) is 0 Å². The molecule has 0 bridgehead atoms. The van der Waals surface area contributed by atoms with E-state index in [1.807, 2.05) is 41.1 Å². The fourth-order valence-electron chi connectivity index (χ4n) is 2.16. The summed E-state index contributed by atoms with van der Waals surface area (Å²) in [6.45, 7) is 2.63. The highest BCUT2D eigenvalue weighted by atomic mass is 35.5. The molecule has 6 heteroatoms. The van der Waals surface area contributed by atoms with Crippen LogP contribution in [0.5, 0.6) is 5.88 Å². The van der Waals surface area contributed by atoms with E-state index >= 15 is 0 Å². The lowest BCUT2D eigenvalue weighted by Gasteiger charge is -2.11. The van der Waals surface area contributed by atoms with E-state index in [1.54, 1.807) is 18.4 Å². The summed E-state index contributed by atoms with van der Waals surface area (Å²) in [4.78, 5) is 5.36. The number of halogens is 1. The molecule has 0 unspecified atom stereocenters. The SMILES string of the molecule is COc1nc2sccn2c1CNc1c(C)cccc1Cl. The average Bonchev–Trinajstić information content (AvgIpc) is 2.99. The minimum atomic E-state index is 0.603. The third kappa shape index (κ3) is 2.23. The van der Waals surface area contributed by atoms with Gasteiger partial charge in [0.05, 0.1) is 24.4 Å². The first-order chi connectivity index (χ1) is 9.70. The topological polar surface area (TPSA) is 38.6 Å². The zero-order valence-electron chi connectivity index (χ0n) is 11.2. The van der Waals surface area contributed by atoms with Gasteiger partial charge in [-0.25, -0.2) is 0 Å². The van der Waals surface area contributed by atoms with Crippen molar-refractivity contribution in [1.29, 1.82) is 0 Å². The summed E-state index contributed by atoms with van der Waals surface area (Å²) in [6, 6.07) is 5.85. The number of hydrogen-bond acceptors (Lipinski definition) is 4. The van der Waals surface area contributed by atoms with Crippen molar-refractivity contribution in [2.75, 3.05) is 12.4 Å². The Morgan fingerprint density at radius 2 is 2.30 bits per heavy atom. The van der Waals surface area contributed by atoms with Crippen LogP contribution in [0.15, 0.2) is 29.8 Å². The number of para-hydroxylation sites is 1. The Kier molecular flexibility index (Phi) is 3.54. The number of rotatable bonds is 4. The van der Waals surface area contributed by atoms with Crippen molar-refractivity contribution in [3.05, 3.63) is 46.1 Å². The van der Waals surface area contributed by atoms with E-state index in [0.717, 1.165) is 26.9 Å².